The minimum Gasteiger partial charge on any atom is -0.378 e. The van der Waals surface area contributed by atoms with Gasteiger partial charge in [-0.25, -0.2) is 0 Å². The lowest BCUT2D eigenvalue weighted by atomic mass is 9.90. The SMILES string of the molecule is O=C(Cc1ccc2c(c1)CCCC2)Nc1ccc(N2CCOCC2)cc1. The highest BCUT2D eigenvalue weighted by molar-refractivity contribution is 5.92. The number of nitrogens with one attached hydrogen (secondary N) is 1. The fraction of sp³-hybridized carbons (Fsp3) is 0.409. The summed E-state index contributed by atoms with van der Waals surface area (Å²) >= 11 is 0. The van der Waals surface area contributed by atoms with E-state index in [2.05, 4.69) is 40.5 Å². The number of morpholine rings is 1. The van der Waals surface area contributed by atoms with Crippen LogP contribution in [0.3, 0.4) is 0 Å². The number of fused-ring (bicyclic) bond motifs is 1. The molecule has 2 aliphatic rings. The van der Waals surface area contributed by atoms with Crippen LogP contribution in [0, 0.1) is 0 Å². The largest absolute Gasteiger partial charge is 0.378 e. The minimum absolute atomic E-state index is 0.0416. The molecule has 136 valence electrons. The quantitative estimate of drug-likeness (QED) is 0.916. The zero-order valence-corrected chi connectivity index (χ0v) is 15.2. The second-order valence-electron chi connectivity index (χ2n) is 7.18. The van der Waals surface area contributed by atoms with Crippen LogP contribution in [0.1, 0.15) is 29.5 Å². The molecular formula is C22H26N2O2. The molecule has 4 rings (SSSR count). The maximum absolute atomic E-state index is 12.4. The molecule has 0 bridgehead atoms. The predicted octanol–water partition coefficient (Wildman–Crippen LogP) is 3.58. The molecule has 1 aliphatic carbocycles. The molecule has 26 heavy (non-hydrogen) atoms. The van der Waals surface area contributed by atoms with Gasteiger partial charge < -0.3 is 15.0 Å². The third-order valence-electron chi connectivity index (χ3n) is 5.30. The molecule has 1 N–H and O–H groups in total. The van der Waals surface area contributed by atoms with Crippen molar-refractivity contribution in [1.29, 1.82) is 0 Å². The molecule has 1 aliphatic heterocycles. The highest BCUT2D eigenvalue weighted by Crippen LogP contribution is 2.23. The van der Waals surface area contributed by atoms with E-state index in [9.17, 15) is 4.79 Å². The number of amides is 1. The summed E-state index contributed by atoms with van der Waals surface area (Å²) in [4.78, 5) is 14.7. The zero-order chi connectivity index (χ0) is 17.8. The standard InChI is InChI=1S/C22H26N2O2/c25-22(16-17-5-6-18-3-1-2-4-19(18)15-17)23-20-7-9-21(10-8-20)24-11-13-26-14-12-24/h5-10,15H,1-4,11-14,16H2,(H,23,25). The van der Waals surface area contributed by atoms with Gasteiger partial charge in [0.25, 0.3) is 0 Å². The van der Waals surface area contributed by atoms with Gasteiger partial charge in [-0.15, -0.1) is 0 Å². The van der Waals surface area contributed by atoms with Crippen molar-refractivity contribution in [2.75, 3.05) is 36.5 Å². The number of ether oxygens (including phenoxy) is 1. The third-order valence-corrected chi connectivity index (χ3v) is 5.30. The Kier molecular flexibility index (Phi) is 5.21. The number of carbonyl (C=O) groups is 1. The predicted molar refractivity (Wildman–Crippen MR) is 105 cm³/mol. The van der Waals surface area contributed by atoms with E-state index in [-0.39, 0.29) is 5.91 Å². The molecule has 0 radical (unpaired) electrons. The third kappa shape index (κ3) is 4.07. The van der Waals surface area contributed by atoms with Gasteiger partial charge >= 0.3 is 0 Å². The maximum atomic E-state index is 12.4. The fourth-order valence-corrected chi connectivity index (χ4v) is 3.86. The number of anilines is 2. The molecule has 0 aromatic heterocycles. The molecule has 1 fully saturated rings. The van der Waals surface area contributed by atoms with Crippen molar-refractivity contribution < 1.29 is 9.53 Å². The summed E-state index contributed by atoms with van der Waals surface area (Å²) in [6, 6.07) is 14.6. The van der Waals surface area contributed by atoms with E-state index >= 15 is 0 Å². The minimum atomic E-state index is 0.0416. The number of hydrogen-bond donors (Lipinski definition) is 1. The smallest absolute Gasteiger partial charge is 0.228 e. The van der Waals surface area contributed by atoms with Crippen LogP contribution in [0.25, 0.3) is 0 Å². The van der Waals surface area contributed by atoms with Gasteiger partial charge in [-0.2, -0.15) is 0 Å². The molecule has 2 aromatic carbocycles. The summed E-state index contributed by atoms with van der Waals surface area (Å²) in [6.45, 7) is 3.40. The van der Waals surface area contributed by atoms with E-state index < -0.39 is 0 Å². The van der Waals surface area contributed by atoms with Crippen LogP contribution >= 0.6 is 0 Å². The Morgan fingerprint density at radius 1 is 0.962 bits per heavy atom. The van der Waals surface area contributed by atoms with Crippen molar-refractivity contribution in [3.63, 3.8) is 0 Å². The Labute approximate surface area is 155 Å². The first-order valence-electron chi connectivity index (χ1n) is 9.61. The first kappa shape index (κ1) is 17.1. The van der Waals surface area contributed by atoms with Gasteiger partial charge in [-0.3, -0.25) is 4.79 Å². The Balaban J connectivity index is 1.35. The van der Waals surface area contributed by atoms with E-state index in [0.717, 1.165) is 44.0 Å². The van der Waals surface area contributed by atoms with Crippen LogP contribution in [0.15, 0.2) is 42.5 Å². The van der Waals surface area contributed by atoms with Crippen LogP contribution in [0.2, 0.25) is 0 Å². The van der Waals surface area contributed by atoms with E-state index in [4.69, 9.17) is 4.74 Å². The van der Waals surface area contributed by atoms with Crippen LogP contribution in [0.4, 0.5) is 11.4 Å². The number of nitrogens with zero attached hydrogens (tertiary/aromatic N) is 1. The average molecular weight is 350 g/mol. The van der Waals surface area contributed by atoms with Crippen LogP contribution < -0.4 is 10.2 Å². The average Bonchev–Trinajstić information content (AvgIpc) is 2.69. The van der Waals surface area contributed by atoms with Gasteiger partial charge in [-0.05, 0) is 66.6 Å². The Hall–Kier alpha value is -2.33. The summed E-state index contributed by atoms with van der Waals surface area (Å²) in [6.07, 6.45) is 5.30. The van der Waals surface area contributed by atoms with Gasteiger partial charge in [0.1, 0.15) is 0 Å². The number of rotatable bonds is 4. The summed E-state index contributed by atoms with van der Waals surface area (Å²) in [5.74, 6) is 0.0416. The van der Waals surface area contributed by atoms with Crippen molar-refractivity contribution in [2.24, 2.45) is 0 Å². The second kappa shape index (κ2) is 7.92. The fourth-order valence-electron chi connectivity index (χ4n) is 3.86. The van der Waals surface area contributed by atoms with Crippen molar-refractivity contribution in [1.82, 2.24) is 0 Å². The molecule has 1 amide bonds. The lowest BCUT2D eigenvalue weighted by Gasteiger charge is -2.28. The van der Waals surface area contributed by atoms with Crippen molar-refractivity contribution in [2.45, 2.75) is 32.1 Å². The van der Waals surface area contributed by atoms with Crippen molar-refractivity contribution in [3.05, 3.63) is 59.2 Å². The highest BCUT2D eigenvalue weighted by Gasteiger charge is 2.13. The van der Waals surface area contributed by atoms with E-state index in [1.165, 1.54) is 36.1 Å². The molecule has 2 aromatic rings. The van der Waals surface area contributed by atoms with Gasteiger partial charge in [0, 0.05) is 24.5 Å². The van der Waals surface area contributed by atoms with Crippen molar-refractivity contribution >= 4 is 17.3 Å². The van der Waals surface area contributed by atoms with Gasteiger partial charge in [0.05, 0.1) is 19.6 Å². The Bertz CT molecular complexity index is 764. The summed E-state index contributed by atoms with van der Waals surface area (Å²) in [5, 5.41) is 3.02. The molecular weight excluding hydrogens is 324 g/mol. The summed E-state index contributed by atoms with van der Waals surface area (Å²) in [7, 11) is 0. The Morgan fingerprint density at radius 3 is 2.46 bits per heavy atom. The summed E-state index contributed by atoms with van der Waals surface area (Å²) < 4.78 is 5.39. The monoisotopic (exact) mass is 350 g/mol. The number of hydrogen-bond acceptors (Lipinski definition) is 3. The van der Waals surface area contributed by atoms with Gasteiger partial charge in [0.15, 0.2) is 0 Å². The maximum Gasteiger partial charge on any atom is 0.228 e. The molecule has 1 heterocycles. The molecule has 0 atom stereocenters. The molecule has 4 nitrogen and oxygen atoms in total. The first-order valence-corrected chi connectivity index (χ1v) is 9.61. The van der Waals surface area contributed by atoms with E-state index in [0.29, 0.717) is 6.42 Å². The topological polar surface area (TPSA) is 41.6 Å². The van der Waals surface area contributed by atoms with Crippen LogP contribution in [-0.4, -0.2) is 32.2 Å². The second-order valence-corrected chi connectivity index (χ2v) is 7.18. The first-order chi connectivity index (χ1) is 12.8. The summed E-state index contributed by atoms with van der Waals surface area (Å²) in [5.41, 5.74) is 6.02. The highest BCUT2D eigenvalue weighted by atomic mass is 16.5. The van der Waals surface area contributed by atoms with Gasteiger partial charge in [0.2, 0.25) is 5.91 Å². The molecule has 1 saturated heterocycles. The van der Waals surface area contributed by atoms with E-state index in [1.807, 2.05) is 12.1 Å². The molecule has 0 spiro atoms. The Morgan fingerprint density at radius 2 is 1.69 bits per heavy atom. The lowest BCUT2D eigenvalue weighted by molar-refractivity contribution is -0.115. The molecule has 0 saturated carbocycles. The number of carbonyl (C=O) groups excluding carboxylic acids is 1. The lowest BCUT2D eigenvalue weighted by Crippen LogP contribution is -2.36. The number of aryl methyl sites for hydroxylation is 2. The van der Waals surface area contributed by atoms with Gasteiger partial charge in [-0.1, -0.05) is 18.2 Å². The molecule has 0 unspecified atom stereocenters. The van der Waals surface area contributed by atoms with Crippen molar-refractivity contribution in [3.8, 4) is 0 Å². The van der Waals surface area contributed by atoms with Crippen LogP contribution in [0.5, 0.6) is 0 Å². The molecule has 4 heteroatoms. The number of benzene rings is 2. The zero-order valence-electron chi connectivity index (χ0n) is 15.2. The van der Waals surface area contributed by atoms with E-state index in [1.54, 1.807) is 0 Å². The normalized spacial score (nSPS) is 16.8. The van der Waals surface area contributed by atoms with Crippen LogP contribution in [-0.2, 0) is 28.8 Å².